The van der Waals surface area contributed by atoms with Gasteiger partial charge in [0.2, 0.25) is 0 Å². The minimum atomic E-state index is 0.413. The quantitative estimate of drug-likeness (QED) is 0.723. The fraction of sp³-hybridized carbons (Fsp3) is 0.250. The third-order valence-corrected chi connectivity index (χ3v) is 4.14. The summed E-state index contributed by atoms with van der Waals surface area (Å²) in [7, 11) is 3.54. The minimum absolute atomic E-state index is 0.413. The van der Waals surface area contributed by atoms with E-state index in [1.807, 2.05) is 49.9 Å². The first-order chi connectivity index (χ1) is 10.7. The highest BCUT2D eigenvalue weighted by Crippen LogP contribution is 2.29. The van der Waals surface area contributed by atoms with E-state index < -0.39 is 0 Å². The molecule has 3 rings (SSSR count). The number of benzene rings is 1. The van der Waals surface area contributed by atoms with Gasteiger partial charge in [0.15, 0.2) is 11.5 Å². The van der Waals surface area contributed by atoms with Crippen molar-refractivity contribution in [3.05, 3.63) is 47.2 Å². The van der Waals surface area contributed by atoms with E-state index in [-0.39, 0.29) is 0 Å². The molecule has 0 saturated heterocycles. The van der Waals surface area contributed by atoms with Crippen molar-refractivity contribution in [2.45, 2.75) is 13.5 Å². The Morgan fingerprint density at radius 1 is 1.27 bits per heavy atom. The summed E-state index contributed by atoms with van der Waals surface area (Å²) in [6, 6.07) is 5.87. The zero-order valence-electron chi connectivity index (χ0n) is 12.7. The lowest BCUT2D eigenvalue weighted by molar-refractivity contribution is 0.281. The molecule has 0 saturated carbocycles. The highest BCUT2D eigenvalue weighted by atomic mass is 32.1. The zero-order valence-corrected chi connectivity index (χ0v) is 13.6. The van der Waals surface area contributed by atoms with Crippen LogP contribution in [0.15, 0.2) is 36.0 Å². The summed E-state index contributed by atoms with van der Waals surface area (Å²) in [4.78, 5) is 4.58. The van der Waals surface area contributed by atoms with Crippen molar-refractivity contribution in [2.75, 3.05) is 7.11 Å². The van der Waals surface area contributed by atoms with Crippen LogP contribution in [0.25, 0.3) is 10.6 Å². The molecule has 0 aliphatic carbocycles. The Kier molecular flexibility index (Phi) is 4.11. The lowest BCUT2D eigenvalue weighted by Crippen LogP contribution is -1.98. The molecule has 22 heavy (non-hydrogen) atoms. The second kappa shape index (κ2) is 6.19. The molecule has 0 unspecified atom stereocenters. The van der Waals surface area contributed by atoms with E-state index in [0.29, 0.717) is 6.61 Å². The molecule has 0 amide bonds. The molecule has 1 aromatic carbocycles. The van der Waals surface area contributed by atoms with Crippen molar-refractivity contribution < 1.29 is 9.47 Å². The van der Waals surface area contributed by atoms with Gasteiger partial charge in [0, 0.05) is 24.2 Å². The van der Waals surface area contributed by atoms with E-state index in [4.69, 9.17) is 9.47 Å². The minimum Gasteiger partial charge on any atom is -0.493 e. The summed E-state index contributed by atoms with van der Waals surface area (Å²) in [5.74, 6) is 1.46. The summed E-state index contributed by atoms with van der Waals surface area (Å²) in [6.45, 7) is 2.43. The standard InChI is InChI=1S/C16H17N3O2S/c1-11-4-5-14(15(6-11)20-3)21-9-13-10-22-16(18-13)12-7-17-19(2)8-12/h4-8,10H,9H2,1-3H3. The molecule has 0 atom stereocenters. The predicted molar refractivity (Wildman–Crippen MR) is 86.4 cm³/mol. The van der Waals surface area contributed by atoms with Crippen molar-refractivity contribution in [2.24, 2.45) is 7.05 Å². The van der Waals surface area contributed by atoms with E-state index in [0.717, 1.165) is 33.3 Å². The van der Waals surface area contributed by atoms with Crippen molar-refractivity contribution in [1.29, 1.82) is 0 Å². The van der Waals surface area contributed by atoms with Crippen LogP contribution in [0.5, 0.6) is 11.5 Å². The average Bonchev–Trinajstić information content (AvgIpc) is 3.14. The molecular weight excluding hydrogens is 298 g/mol. The Morgan fingerprint density at radius 3 is 2.86 bits per heavy atom. The Hall–Kier alpha value is -2.34. The van der Waals surface area contributed by atoms with E-state index in [2.05, 4.69) is 10.1 Å². The number of ether oxygens (including phenoxy) is 2. The molecule has 0 radical (unpaired) electrons. The third-order valence-electron chi connectivity index (χ3n) is 3.20. The van der Waals surface area contributed by atoms with Crippen LogP contribution >= 0.6 is 11.3 Å². The monoisotopic (exact) mass is 315 g/mol. The maximum Gasteiger partial charge on any atom is 0.161 e. The highest BCUT2D eigenvalue weighted by Gasteiger charge is 2.09. The molecule has 2 aromatic heterocycles. The fourth-order valence-corrected chi connectivity index (χ4v) is 2.86. The van der Waals surface area contributed by atoms with Crippen LogP contribution in [-0.2, 0) is 13.7 Å². The number of aromatic nitrogens is 3. The molecule has 0 aliphatic heterocycles. The second-order valence-electron chi connectivity index (χ2n) is 4.99. The van der Waals surface area contributed by atoms with Gasteiger partial charge in [-0.15, -0.1) is 11.3 Å². The van der Waals surface area contributed by atoms with E-state index in [9.17, 15) is 0 Å². The first kappa shape index (κ1) is 14.6. The lowest BCUT2D eigenvalue weighted by Gasteiger charge is -2.10. The number of thiazole rings is 1. The molecule has 0 aliphatic rings. The van der Waals surface area contributed by atoms with Crippen LogP contribution in [0, 0.1) is 6.92 Å². The normalized spacial score (nSPS) is 10.7. The summed E-state index contributed by atoms with van der Waals surface area (Å²) in [6.07, 6.45) is 3.76. The smallest absolute Gasteiger partial charge is 0.161 e. The average molecular weight is 315 g/mol. The molecule has 3 aromatic rings. The lowest BCUT2D eigenvalue weighted by atomic mass is 10.2. The molecule has 5 nitrogen and oxygen atoms in total. The zero-order chi connectivity index (χ0) is 15.5. The molecule has 2 heterocycles. The number of hydrogen-bond donors (Lipinski definition) is 0. The maximum absolute atomic E-state index is 5.82. The van der Waals surface area contributed by atoms with Gasteiger partial charge in [-0.1, -0.05) is 6.07 Å². The van der Waals surface area contributed by atoms with Crippen LogP contribution in [0.2, 0.25) is 0 Å². The summed E-state index contributed by atoms with van der Waals surface area (Å²) in [5, 5.41) is 7.11. The van der Waals surface area contributed by atoms with Crippen molar-refractivity contribution in [3.8, 4) is 22.1 Å². The van der Waals surface area contributed by atoms with E-state index >= 15 is 0 Å². The van der Waals surface area contributed by atoms with E-state index in [1.54, 1.807) is 23.1 Å². The Bertz CT molecular complexity index is 779. The Balaban J connectivity index is 1.71. The van der Waals surface area contributed by atoms with Gasteiger partial charge in [-0.3, -0.25) is 4.68 Å². The molecule has 114 valence electrons. The predicted octanol–water partition coefficient (Wildman–Crippen LogP) is 3.44. The number of nitrogens with zero attached hydrogens (tertiary/aromatic N) is 3. The largest absolute Gasteiger partial charge is 0.493 e. The van der Waals surface area contributed by atoms with Gasteiger partial charge < -0.3 is 9.47 Å². The molecular formula is C16H17N3O2S. The van der Waals surface area contributed by atoms with Crippen molar-refractivity contribution >= 4 is 11.3 Å². The molecule has 0 spiro atoms. The number of rotatable bonds is 5. The van der Waals surface area contributed by atoms with E-state index in [1.165, 1.54) is 0 Å². The van der Waals surface area contributed by atoms with Gasteiger partial charge in [-0.05, 0) is 24.6 Å². The topological polar surface area (TPSA) is 49.2 Å². The van der Waals surface area contributed by atoms with Crippen molar-refractivity contribution in [3.63, 3.8) is 0 Å². The molecule has 6 heteroatoms. The Morgan fingerprint density at radius 2 is 2.14 bits per heavy atom. The third kappa shape index (κ3) is 3.12. The highest BCUT2D eigenvalue weighted by molar-refractivity contribution is 7.13. The van der Waals surface area contributed by atoms with Crippen LogP contribution in [0.3, 0.4) is 0 Å². The first-order valence-electron chi connectivity index (χ1n) is 6.86. The number of hydrogen-bond acceptors (Lipinski definition) is 5. The van der Waals surface area contributed by atoms with Crippen LogP contribution in [0.1, 0.15) is 11.3 Å². The van der Waals surface area contributed by atoms with Gasteiger partial charge >= 0.3 is 0 Å². The summed E-state index contributed by atoms with van der Waals surface area (Å²) < 4.78 is 12.9. The van der Waals surface area contributed by atoms with Gasteiger partial charge in [0.1, 0.15) is 11.6 Å². The molecule has 0 bridgehead atoms. The number of methoxy groups -OCH3 is 1. The Labute approximate surface area is 133 Å². The van der Waals surface area contributed by atoms with Gasteiger partial charge in [0.25, 0.3) is 0 Å². The van der Waals surface area contributed by atoms with Gasteiger partial charge in [0.05, 0.1) is 19.0 Å². The van der Waals surface area contributed by atoms with Crippen LogP contribution in [0.4, 0.5) is 0 Å². The maximum atomic E-state index is 5.82. The summed E-state index contributed by atoms with van der Waals surface area (Å²) >= 11 is 1.59. The fourth-order valence-electron chi connectivity index (χ4n) is 2.08. The van der Waals surface area contributed by atoms with Gasteiger partial charge in [-0.2, -0.15) is 5.10 Å². The van der Waals surface area contributed by atoms with Crippen LogP contribution < -0.4 is 9.47 Å². The number of aryl methyl sites for hydroxylation is 2. The summed E-state index contributed by atoms with van der Waals surface area (Å²) in [5.41, 5.74) is 3.05. The second-order valence-corrected chi connectivity index (χ2v) is 5.85. The van der Waals surface area contributed by atoms with Crippen LogP contribution in [-0.4, -0.2) is 21.9 Å². The van der Waals surface area contributed by atoms with Crippen molar-refractivity contribution in [1.82, 2.24) is 14.8 Å². The SMILES string of the molecule is COc1cc(C)ccc1OCc1csc(-c2cnn(C)c2)n1. The first-order valence-corrected chi connectivity index (χ1v) is 7.74. The molecule has 0 N–H and O–H groups in total. The van der Waals surface area contributed by atoms with Gasteiger partial charge in [-0.25, -0.2) is 4.98 Å². The molecule has 0 fully saturated rings.